The molecule has 1 heterocycles. The first kappa shape index (κ1) is 12.8. The summed E-state index contributed by atoms with van der Waals surface area (Å²) in [5.41, 5.74) is 6.39. The molecule has 0 saturated carbocycles. The number of aryl methyl sites for hydroxylation is 1. The van der Waals surface area contributed by atoms with Gasteiger partial charge in [0.25, 0.3) is 0 Å². The normalized spacial score (nSPS) is 10.5. The second-order valence-electron chi connectivity index (χ2n) is 3.71. The third-order valence-electron chi connectivity index (χ3n) is 1.88. The van der Waals surface area contributed by atoms with E-state index in [0.29, 0.717) is 11.4 Å². The van der Waals surface area contributed by atoms with Crippen LogP contribution in [0.4, 0.5) is 10.5 Å². The van der Waals surface area contributed by atoms with Crippen LogP contribution >= 0.6 is 11.3 Å². The monoisotopic (exact) mass is 243 g/mol. The molecule has 1 rings (SSSR count). The van der Waals surface area contributed by atoms with E-state index in [0.717, 1.165) is 17.7 Å². The fourth-order valence-corrected chi connectivity index (χ4v) is 2.17. The van der Waals surface area contributed by atoms with Crippen LogP contribution in [0.5, 0.6) is 5.75 Å². The van der Waals surface area contributed by atoms with Crippen LogP contribution in [0.3, 0.4) is 0 Å². The molecule has 0 aromatic carbocycles. The molecule has 0 amide bonds. The van der Waals surface area contributed by atoms with Gasteiger partial charge < -0.3 is 15.2 Å². The Morgan fingerprint density at radius 2 is 2.25 bits per heavy atom. The third-order valence-corrected chi connectivity index (χ3v) is 2.92. The van der Waals surface area contributed by atoms with E-state index < -0.39 is 6.16 Å². The van der Waals surface area contributed by atoms with Crippen molar-refractivity contribution in [3.05, 3.63) is 10.3 Å². The largest absolute Gasteiger partial charge is 0.514 e. The van der Waals surface area contributed by atoms with Crippen LogP contribution in [-0.4, -0.2) is 12.3 Å². The van der Waals surface area contributed by atoms with Gasteiger partial charge in [0.1, 0.15) is 0 Å². The van der Waals surface area contributed by atoms with Crippen molar-refractivity contribution in [3.8, 4) is 5.75 Å². The minimum Gasteiger partial charge on any atom is -0.431 e. The number of carbonyl (C=O) groups excluding carboxylic acids is 1. The highest BCUT2D eigenvalue weighted by molar-refractivity contribution is 7.10. The number of nitrogen functional groups attached to an aromatic ring is 1. The van der Waals surface area contributed by atoms with Gasteiger partial charge in [-0.15, -0.1) is 11.3 Å². The van der Waals surface area contributed by atoms with Crippen LogP contribution in [-0.2, 0) is 11.2 Å². The molecule has 0 spiro atoms. The highest BCUT2D eigenvalue weighted by Gasteiger charge is 2.14. The standard InChI is InChI=1S/C11H17NO3S/c1-4-5-9-10(12)8(6-16-9)15-11(13)14-7(2)3/h6-7H,4-5,12H2,1-3H3. The van der Waals surface area contributed by atoms with Gasteiger partial charge in [0, 0.05) is 10.3 Å². The molecule has 4 nitrogen and oxygen atoms in total. The Kier molecular flexibility index (Phi) is 4.61. The molecule has 16 heavy (non-hydrogen) atoms. The topological polar surface area (TPSA) is 61.5 Å². The van der Waals surface area contributed by atoms with Crippen LogP contribution in [0.2, 0.25) is 0 Å². The summed E-state index contributed by atoms with van der Waals surface area (Å²) in [6.45, 7) is 5.61. The second kappa shape index (κ2) is 5.75. The zero-order valence-corrected chi connectivity index (χ0v) is 10.6. The number of thiophene rings is 1. The van der Waals surface area contributed by atoms with Gasteiger partial charge in [0.2, 0.25) is 0 Å². The van der Waals surface area contributed by atoms with Crippen molar-refractivity contribution < 1.29 is 14.3 Å². The van der Waals surface area contributed by atoms with Gasteiger partial charge in [0.05, 0.1) is 11.8 Å². The molecule has 0 aliphatic carbocycles. The molecule has 5 heteroatoms. The maximum Gasteiger partial charge on any atom is 0.514 e. The molecule has 2 N–H and O–H groups in total. The smallest absolute Gasteiger partial charge is 0.431 e. The number of rotatable bonds is 4. The minimum atomic E-state index is -0.706. The molecule has 0 radical (unpaired) electrons. The number of hydrogen-bond donors (Lipinski definition) is 1. The van der Waals surface area contributed by atoms with E-state index in [4.69, 9.17) is 15.2 Å². The summed E-state index contributed by atoms with van der Waals surface area (Å²) in [6, 6.07) is 0. The van der Waals surface area contributed by atoms with E-state index in [1.165, 1.54) is 11.3 Å². The van der Waals surface area contributed by atoms with Crippen LogP contribution in [0.15, 0.2) is 5.38 Å². The lowest BCUT2D eigenvalue weighted by molar-refractivity contribution is 0.0732. The molecule has 0 unspecified atom stereocenters. The summed E-state index contributed by atoms with van der Waals surface area (Å²) >= 11 is 1.50. The van der Waals surface area contributed by atoms with Crippen LogP contribution in [0.25, 0.3) is 0 Å². The first-order valence-corrected chi connectivity index (χ1v) is 6.16. The first-order valence-electron chi connectivity index (χ1n) is 5.28. The van der Waals surface area contributed by atoms with Gasteiger partial charge in [-0.3, -0.25) is 0 Å². The summed E-state index contributed by atoms with van der Waals surface area (Å²) in [5.74, 6) is 0.402. The van der Waals surface area contributed by atoms with E-state index in [2.05, 4.69) is 6.92 Å². The van der Waals surface area contributed by atoms with Crippen molar-refractivity contribution in [3.63, 3.8) is 0 Å². The van der Waals surface area contributed by atoms with Crippen LogP contribution in [0, 0.1) is 0 Å². The molecule has 0 aliphatic heterocycles. The molecular weight excluding hydrogens is 226 g/mol. The van der Waals surface area contributed by atoms with Crippen molar-refractivity contribution in [2.24, 2.45) is 0 Å². The number of carbonyl (C=O) groups is 1. The van der Waals surface area contributed by atoms with E-state index in [-0.39, 0.29) is 6.10 Å². The highest BCUT2D eigenvalue weighted by Crippen LogP contribution is 2.33. The summed E-state index contributed by atoms with van der Waals surface area (Å²) < 4.78 is 9.87. The van der Waals surface area contributed by atoms with Gasteiger partial charge >= 0.3 is 6.16 Å². The lowest BCUT2D eigenvalue weighted by atomic mass is 10.2. The molecule has 0 saturated heterocycles. The Morgan fingerprint density at radius 1 is 1.56 bits per heavy atom. The van der Waals surface area contributed by atoms with Crippen molar-refractivity contribution in [2.45, 2.75) is 39.7 Å². The van der Waals surface area contributed by atoms with E-state index in [9.17, 15) is 4.79 Å². The second-order valence-corrected chi connectivity index (χ2v) is 4.67. The maximum absolute atomic E-state index is 11.2. The van der Waals surface area contributed by atoms with Gasteiger partial charge in [-0.25, -0.2) is 4.79 Å². The average molecular weight is 243 g/mol. The highest BCUT2D eigenvalue weighted by atomic mass is 32.1. The van der Waals surface area contributed by atoms with Gasteiger partial charge in [-0.2, -0.15) is 0 Å². The fourth-order valence-electron chi connectivity index (χ4n) is 1.20. The number of ether oxygens (including phenoxy) is 2. The summed E-state index contributed by atoms with van der Waals surface area (Å²) in [7, 11) is 0. The molecule has 0 aliphatic rings. The molecule has 0 bridgehead atoms. The Balaban J connectivity index is 2.63. The predicted molar refractivity (Wildman–Crippen MR) is 65.0 cm³/mol. The van der Waals surface area contributed by atoms with Crippen LogP contribution < -0.4 is 10.5 Å². The number of hydrogen-bond acceptors (Lipinski definition) is 5. The minimum absolute atomic E-state index is 0.192. The van der Waals surface area contributed by atoms with Crippen molar-refractivity contribution in [1.82, 2.24) is 0 Å². The SMILES string of the molecule is CCCc1scc(OC(=O)OC(C)C)c1N. The first-order chi connectivity index (χ1) is 7.54. The predicted octanol–water partition coefficient (Wildman–Crippen LogP) is 3.21. The van der Waals surface area contributed by atoms with E-state index in [1.54, 1.807) is 19.2 Å². The zero-order chi connectivity index (χ0) is 12.1. The Labute approximate surface area is 99.4 Å². The fraction of sp³-hybridized carbons (Fsp3) is 0.545. The Morgan fingerprint density at radius 3 is 2.81 bits per heavy atom. The molecule has 0 atom stereocenters. The summed E-state index contributed by atoms with van der Waals surface area (Å²) in [5, 5.41) is 1.74. The van der Waals surface area contributed by atoms with Crippen LogP contribution in [0.1, 0.15) is 32.1 Å². The van der Waals surface area contributed by atoms with Crippen molar-refractivity contribution in [1.29, 1.82) is 0 Å². The lowest BCUT2D eigenvalue weighted by Gasteiger charge is -2.07. The number of nitrogens with two attached hydrogens (primary N) is 1. The Bertz CT molecular complexity index is 360. The molecular formula is C11H17NO3S. The maximum atomic E-state index is 11.2. The van der Waals surface area contributed by atoms with E-state index in [1.807, 2.05) is 0 Å². The molecule has 1 aromatic heterocycles. The summed E-state index contributed by atoms with van der Waals surface area (Å²) in [4.78, 5) is 12.3. The quantitative estimate of drug-likeness (QED) is 0.825. The Hall–Kier alpha value is -1.23. The number of anilines is 1. The summed E-state index contributed by atoms with van der Waals surface area (Å²) in [6.07, 6.45) is 1.02. The molecule has 1 aromatic rings. The third kappa shape index (κ3) is 3.41. The van der Waals surface area contributed by atoms with Crippen molar-refractivity contribution >= 4 is 23.2 Å². The average Bonchev–Trinajstić information content (AvgIpc) is 2.49. The van der Waals surface area contributed by atoms with E-state index >= 15 is 0 Å². The molecule has 0 fully saturated rings. The lowest BCUT2D eigenvalue weighted by Crippen LogP contribution is -2.15. The molecule has 90 valence electrons. The van der Waals surface area contributed by atoms with Crippen molar-refractivity contribution in [2.75, 3.05) is 5.73 Å². The zero-order valence-electron chi connectivity index (χ0n) is 9.78. The van der Waals surface area contributed by atoms with Gasteiger partial charge in [-0.1, -0.05) is 13.3 Å². The van der Waals surface area contributed by atoms with Gasteiger partial charge in [0.15, 0.2) is 5.75 Å². The van der Waals surface area contributed by atoms with Gasteiger partial charge in [-0.05, 0) is 20.3 Å².